The van der Waals surface area contributed by atoms with Crippen molar-refractivity contribution in [1.82, 2.24) is 0 Å². The van der Waals surface area contributed by atoms with Crippen LogP contribution in [0.15, 0.2) is 0 Å². The number of nitrogens with one attached hydrogen (secondary N) is 1. The molecule has 0 aromatic carbocycles. The molecule has 1 unspecified atom stereocenters. The van der Waals surface area contributed by atoms with Crippen LogP contribution in [0, 0.1) is 29.1 Å². The molecule has 1 aliphatic carbocycles. The number of hydrogen-bond acceptors (Lipinski definition) is 5. The third-order valence-corrected chi connectivity index (χ3v) is 5.84. The van der Waals surface area contributed by atoms with Crippen molar-refractivity contribution in [2.24, 2.45) is 10.8 Å². The summed E-state index contributed by atoms with van der Waals surface area (Å²) in [5.41, 5.74) is -0.876. The molecule has 1 saturated carbocycles. The van der Waals surface area contributed by atoms with Gasteiger partial charge in [0, 0.05) is 4.88 Å². The summed E-state index contributed by atoms with van der Waals surface area (Å²) in [6.07, 6.45) is 1.16. The number of carbonyl (C=O) groups excluding carboxylic acids is 2. The van der Waals surface area contributed by atoms with Gasteiger partial charge in [0.1, 0.15) is 16.7 Å². The number of amides is 1. The molecule has 1 atom stereocenters. The lowest BCUT2D eigenvalue weighted by Crippen LogP contribution is -2.40. The van der Waals surface area contributed by atoms with Gasteiger partial charge in [-0.15, -0.1) is 11.3 Å². The average Bonchev–Trinajstić information content (AvgIpc) is 2.93. The highest BCUT2D eigenvalue weighted by Gasteiger charge is 2.73. The summed E-state index contributed by atoms with van der Waals surface area (Å²) in [5, 5.41) is 12.8. The molecule has 1 heterocycles. The van der Waals surface area contributed by atoms with Crippen LogP contribution in [0.25, 0.3) is 0 Å². The van der Waals surface area contributed by atoms with E-state index in [1.54, 1.807) is 20.8 Å². The maximum absolute atomic E-state index is 13.0. The van der Waals surface area contributed by atoms with E-state index in [0.29, 0.717) is 17.0 Å². The number of carbonyl (C=O) groups is 2. The van der Waals surface area contributed by atoms with E-state index in [4.69, 9.17) is 4.74 Å². The number of nitrogens with zero attached hydrogens (tertiary/aromatic N) is 1. The Morgan fingerprint density at radius 3 is 2.32 bits per heavy atom. The summed E-state index contributed by atoms with van der Waals surface area (Å²) < 4.78 is 5.50. The van der Waals surface area contributed by atoms with E-state index in [1.807, 2.05) is 27.7 Å². The van der Waals surface area contributed by atoms with Crippen molar-refractivity contribution in [3.8, 4) is 6.07 Å². The van der Waals surface area contributed by atoms with Gasteiger partial charge in [-0.2, -0.15) is 5.26 Å². The lowest BCUT2D eigenvalue weighted by molar-refractivity contribution is -0.165. The third-order valence-electron chi connectivity index (χ3n) is 4.77. The fourth-order valence-corrected chi connectivity index (χ4v) is 4.32. The van der Waals surface area contributed by atoms with Crippen molar-refractivity contribution in [2.75, 3.05) is 5.32 Å². The van der Waals surface area contributed by atoms with E-state index in [9.17, 15) is 14.9 Å². The minimum Gasteiger partial charge on any atom is -0.459 e. The quantitative estimate of drug-likeness (QED) is 0.643. The molecule has 0 bridgehead atoms. The molecule has 1 fully saturated rings. The lowest BCUT2D eigenvalue weighted by Gasteiger charge is -2.25. The van der Waals surface area contributed by atoms with Crippen molar-refractivity contribution < 1.29 is 14.3 Å². The molecule has 136 valence electrons. The molecule has 1 aromatic heterocycles. The Labute approximate surface area is 153 Å². The predicted octanol–water partition coefficient (Wildman–Crippen LogP) is 4.19. The minimum atomic E-state index is -1.20. The number of aryl methyl sites for hydroxylation is 1. The molecule has 2 rings (SSSR count). The van der Waals surface area contributed by atoms with Crippen molar-refractivity contribution in [3.63, 3.8) is 0 Å². The second-order valence-corrected chi connectivity index (χ2v) is 9.45. The van der Waals surface area contributed by atoms with Crippen LogP contribution in [0.2, 0.25) is 0 Å². The highest BCUT2D eigenvalue weighted by molar-refractivity contribution is 7.16. The van der Waals surface area contributed by atoms with Crippen LogP contribution in [0.4, 0.5) is 5.00 Å². The van der Waals surface area contributed by atoms with Crippen molar-refractivity contribution in [2.45, 2.75) is 66.9 Å². The summed E-state index contributed by atoms with van der Waals surface area (Å²) >= 11 is 1.38. The largest absolute Gasteiger partial charge is 0.459 e. The Morgan fingerprint density at radius 2 is 1.92 bits per heavy atom. The Kier molecular flexibility index (Phi) is 4.77. The number of nitriles is 1. The summed E-state index contributed by atoms with van der Waals surface area (Å²) in [7, 11) is 0. The molecule has 1 aromatic rings. The number of rotatable bonds is 4. The van der Waals surface area contributed by atoms with Crippen LogP contribution < -0.4 is 5.32 Å². The molecular weight excluding hydrogens is 336 g/mol. The van der Waals surface area contributed by atoms with E-state index in [-0.39, 0.29) is 5.91 Å². The fraction of sp³-hybridized carbons (Fsp3) is 0.632. The predicted molar refractivity (Wildman–Crippen MR) is 98.5 cm³/mol. The molecule has 25 heavy (non-hydrogen) atoms. The molecule has 1 N–H and O–H groups in total. The van der Waals surface area contributed by atoms with Crippen LogP contribution in [-0.2, 0) is 20.7 Å². The van der Waals surface area contributed by atoms with Gasteiger partial charge >= 0.3 is 5.97 Å². The SMILES string of the molecule is CCc1c(C)sc(NC(=O)C2(C(=O)OC(C)(C)C)CC2(C)C)c1C#N. The standard InChI is InChI=1S/C19H26N2O3S/c1-8-12-11(2)25-14(13(12)9-20)21-15(22)19(10-18(19,6)7)16(23)24-17(3,4)5/h8,10H2,1-7H3,(H,21,22). The Balaban J connectivity index is 2.33. The number of anilines is 1. The van der Waals surface area contributed by atoms with E-state index >= 15 is 0 Å². The van der Waals surface area contributed by atoms with Gasteiger partial charge < -0.3 is 10.1 Å². The van der Waals surface area contributed by atoms with E-state index in [1.165, 1.54) is 11.3 Å². The number of thiophene rings is 1. The fourth-order valence-electron chi connectivity index (χ4n) is 3.23. The molecule has 1 amide bonds. The highest BCUT2D eigenvalue weighted by atomic mass is 32.1. The van der Waals surface area contributed by atoms with Gasteiger partial charge in [-0.1, -0.05) is 20.8 Å². The maximum atomic E-state index is 13.0. The van der Waals surface area contributed by atoms with Crippen molar-refractivity contribution in [3.05, 3.63) is 16.0 Å². The first kappa shape index (κ1) is 19.5. The first-order chi connectivity index (χ1) is 11.4. The highest BCUT2D eigenvalue weighted by Crippen LogP contribution is 2.65. The minimum absolute atomic E-state index is 0.382. The molecular formula is C19H26N2O3S. The molecule has 6 heteroatoms. The van der Waals surface area contributed by atoms with E-state index in [2.05, 4.69) is 11.4 Å². The normalized spacial score (nSPS) is 21.4. The van der Waals surface area contributed by atoms with Crippen LogP contribution in [0.5, 0.6) is 0 Å². The van der Waals surface area contributed by atoms with Gasteiger partial charge in [0.05, 0.1) is 5.56 Å². The van der Waals surface area contributed by atoms with Crippen LogP contribution in [0.3, 0.4) is 0 Å². The van der Waals surface area contributed by atoms with Crippen molar-refractivity contribution in [1.29, 1.82) is 5.26 Å². The topological polar surface area (TPSA) is 79.2 Å². The smallest absolute Gasteiger partial charge is 0.322 e. The lowest BCUT2D eigenvalue weighted by atomic mass is 9.94. The second-order valence-electron chi connectivity index (χ2n) is 8.23. The molecule has 0 saturated heterocycles. The van der Waals surface area contributed by atoms with Crippen molar-refractivity contribution >= 4 is 28.2 Å². The summed E-state index contributed by atoms with van der Waals surface area (Å²) in [5.74, 6) is -0.878. The number of esters is 1. The van der Waals surface area contributed by atoms with Gasteiger partial charge in [0.15, 0.2) is 5.41 Å². The second kappa shape index (κ2) is 6.14. The van der Waals surface area contributed by atoms with Crippen LogP contribution >= 0.6 is 11.3 Å². The zero-order valence-corrected chi connectivity index (χ0v) is 16.8. The van der Waals surface area contributed by atoms with Crippen LogP contribution in [-0.4, -0.2) is 17.5 Å². The summed E-state index contributed by atoms with van der Waals surface area (Å²) in [6, 6.07) is 2.18. The molecule has 0 spiro atoms. The Morgan fingerprint density at radius 1 is 1.36 bits per heavy atom. The van der Waals surface area contributed by atoms with E-state index in [0.717, 1.165) is 16.9 Å². The first-order valence-electron chi connectivity index (χ1n) is 8.47. The monoisotopic (exact) mass is 362 g/mol. The maximum Gasteiger partial charge on any atom is 0.322 e. The van der Waals surface area contributed by atoms with Gasteiger partial charge in [0.25, 0.3) is 0 Å². The van der Waals surface area contributed by atoms with Gasteiger partial charge in [-0.05, 0) is 51.5 Å². The van der Waals surface area contributed by atoms with Crippen LogP contribution in [0.1, 0.15) is 64.0 Å². The Bertz CT molecular complexity index is 765. The van der Waals surface area contributed by atoms with Gasteiger partial charge in [-0.25, -0.2) is 0 Å². The average molecular weight is 362 g/mol. The molecule has 0 aliphatic heterocycles. The third kappa shape index (κ3) is 3.30. The molecule has 5 nitrogen and oxygen atoms in total. The first-order valence-corrected chi connectivity index (χ1v) is 9.28. The molecule has 0 radical (unpaired) electrons. The molecule has 1 aliphatic rings. The number of hydrogen-bond donors (Lipinski definition) is 1. The number of ether oxygens (including phenoxy) is 1. The zero-order chi connectivity index (χ0) is 19.2. The Hall–Kier alpha value is -1.87. The zero-order valence-electron chi connectivity index (χ0n) is 16.0. The van der Waals surface area contributed by atoms with Gasteiger partial charge in [-0.3, -0.25) is 9.59 Å². The van der Waals surface area contributed by atoms with Gasteiger partial charge in [0.2, 0.25) is 5.91 Å². The summed E-state index contributed by atoms with van der Waals surface area (Å²) in [4.78, 5) is 26.7. The van der Waals surface area contributed by atoms with E-state index < -0.39 is 22.4 Å². The summed E-state index contributed by atoms with van der Waals surface area (Å²) in [6.45, 7) is 13.1.